The van der Waals surface area contributed by atoms with Crippen LogP contribution in [0.25, 0.3) is 17.7 Å². The van der Waals surface area contributed by atoms with Gasteiger partial charge in [-0.05, 0) is 42.5 Å². The molecule has 0 aromatic heterocycles. The Bertz CT molecular complexity index is 1070. The Morgan fingerprint density at radius 2 is 1.74 bits per heavy atom. The molecule has 2 atom stereocenters. The molecule has 2 aromatic rings. The van der Waals surface area contributed by atoms with Gasteiger partial charge in [-0.15, -0.1) is 0 Å². The Labute approximate surface area is 203 Å². The van der Waals surface area contributed by atoms with Gasteiger partial charge in [-0.1, -0.05) is 76.2 Å². The first-order valence-electron chi connectivity index (χ1n) is 12.0. The average molecular weight is 461 g/mol. The maximum absolute atomic E-state index is 12.7. The van der Waals surface area contributed by atoms with Crippen LogP contribution in [0, 0.1) is 0 Å². The van der Waals surface area contributed by atoms with Crippen LogP contribution in [-0.2, 0) is 9.53 Å². The molecule has 0 aliphatic carbocycles. The van der Waals surface area contributed by atoms with E-state index in [9.17, 15) is 9.59 Å². The van der Waals surface area contributed by atoms with Gasteiger partial charge < -0.3 is 15.4 Å². The molecular weight excluding hydrogens is 424 g/mol. The fourth-order valence-corrected chi connectivity index (χ4v) is 3.77. The maximum Gasteiger partial charge on any atom is 0.256 e. The summed E-state index contributed by atoms with van der Waals surface area (Å²) in [6.07, 6.45) is 10.6. The minimum Gasteiger partial charge on any atom is -0.385 e. The van der Waals surface area contributed by atoms with Crippen molar-refractivity contribution in [1.82, 2.24) is 5.32 Å². The van der Waals surface area contributed by atoms with E-state index in [0.717, 1.165) is 28.8 Å². The van der Waals surface area contributed by atoms with Gasteiger partial charge in [0, 0.05) is 42.0 Å². The van der Waals surface area contributed by atoms with Crippen molar-refractivity contribution in [1.29, 1.82) is 0 Å². The van der Waals surface area contributed by atoms with Crippen LogP contribution < -0.4 is 10.6 Å². The van der Waals surface area contributed by atoms with E-state index in [1.165, 1.54) is 0 Å². The smallest absolute Gasteiger partial charge is 0.256 e. The lowest BCUT2D eigenvalue weighted by Crippen LogP contribution is -2.32. The number of anilines is 1. The Morgan fingerprint density at radius 1 is 1.03 bits per heavy atom. The van der Waals surface area contributed by atoms with Crippen molar-refractivity contribution in [2.24, 2.45) is 0 Å². The fourth-order valence-electron chi connectivity index (χ4n) is 3.77. The third kappa shape index (κ3) is 6.55. The monoisotopic (exact) mass is 460 g/mol. The molecule has 0 radical (unpaired) electrons. The van der Waals surface area contributed by atoms with E-state index in [1.807, 2.05) is 101 Å². The van der Waals surface area contributed by atoms with Crippen molar-refractivity contribution < 1.29 is 14.3 Å². The number of methoxy groups -OCH3 is 1. The summed E-state index contributed by atoms with van der Waals surface area (Å²) in [6, 6.07) is 13.3. The number of benzene rings is 2. The zero-order valence-corrected chi connectivity index (χ0v) is 21.0. The third-order valence-electron chi connectivity index (χ3n) is 5.41. The molecule has 0 fully saturated rings. The Kier molecular flexibility index (Phi) is 10.5. The molecule has 2 aliphatic rings. The molecule has 4 rings (SSSR count). The molecule has 5 heteroatoms. The van der Waals surface area contributed by atoms with Crippen LogP contribution >= 0.6 is 0 Å². The minimum atomic E-state index is -0.0954. The lowest BCUT2D eigenvalue weighted by atomic mass is 9.95. The van der Waals surface area contributed by atoms with Crippen LogP contribution in [0.4, 0.5) is 5.69 Å². The van der Waals surface area contributed by atoms with Crippen molar-refractivity contribution in [3.63, 3.8) is 0 Å². The predicted octanol–water partition coefficient (Wildman–Crippen LogP) is 6.34. The molecule has 2 aliphatic heterocycles. The largest absolute Gasteiger partial charge is 0.385 e. The molecule has 1 amide bonds. The van der Waals surface area contributed by atoms with E-state index in [2.05, 4.69) is 10.6 Å². The summed E-state index contributed by atoms with van der Waals surface area (Å²) in [5, 5.41) is 6.26. The van der Waals surface area contributed by atoms with E-state index < -0.39 is 0 Å². The highest BCUT2D eigenvalue weighted by atomic mass is 16.5. The van der Waals surface area contributed by atoms with E-state index in [1.54, 1.807) is 14.0 Å². The molecule has 180 valence electrons. The van der Waals surface area contributed by atoms with Gasteiger partial charge in [0.2, 0.25) is 0 Å². The lowest BCUT2D eigenvalue weighted by molar-refractivity contribution is -0.110. The first-order valence-corrected chi connectivity index (χ1v) is 12.0. The van der Waals surface area contributed by atoms with Crippen molar-refractivity contribution in [3.8, 4) is 0 Å². The standard InChI is InChI=1S/C25H24N2O3.2C2H6/c1-16(28)18-9-6-17(7-10-18)8-11-19-4-3-5-23-24(19)22(25(29)27-23)15-20-14-21(30-2)12-13-26-20;2*1-2/h3-13,15,20-21,26H,14H2,1-2H3,(H,27,29);2*1-2H3/b11-8+,22-15-;;. The van der Waals surface area contributed by atoms with Crippen LogP contribution in [0.2, 0.25) is 0 Å². The molecule has 0 saturated heterocycles. The van der Waals surface area contributed by atoms with Crippen molar-refractivity contribution in [2.45, 2.75) is 53.2 Å². The second kappa shape index (κ2) is 13.3. The molecule has 5 nitrogen and oxygen atoms in total. The van der Waals surface area contributed by atoms with Crippen LogP contribution in [0.3, 0.4) is 0 Å². The first kappa shape index (κ1) is 26.8. The molecule has 2 heterocycles. The number of amides is 1. The topological polar surface area (TPSA) is 67.4 Å². The normalized spacial score (nSPS) is 19.4. The summed E-state index contributed by atoms with van der Waals surface area (Å²) < 4.78 is 5.43. The highest BCUT2D eigenvalue weighted by Gasteiger charge is 2.28. The Hall–Kier alpha value is -3.44. The number of fused-ring (bicyclic) bond motifs is 1. The third-order valence-corrected chi connectivity index (χ3v) is 5.41. The quantitative estimate of drug-likeness (QED) is 0.310. The van der Waals surface area contributed by atoms with E-state index in [0.29, 0.717) is 11.1 Å². The SMILES string of the molecule is CC.CC.COC1C=CNC(/C=C2\C(=O)Nc3cccc(/C=C/c4ccc(C(C)=O)cc4)c32)C1. The van der Waals surface area contributed by atoms with Crippen LogP contribution in [0.5, 0.6) is 0 Å². The van der Waals surface area contributed by atoms with Crippen LogP contribution in [0.1, 0.15) is 68.1 Å². The van der Waals surface area contributed by atoms with Crippen LogP contribution in [0.15, 0.2) is 60.8 Å². The molecule has 0 saturated carbocycles. The number of hydrogen-bond acceptors (Lipinski definition) is 4. The average Bonchev–Trinajstić information content (AvgIpc) is 3.20. The number of rotatable bonds is 5. The number of Topliss-reactive ketones (excluding diaryl/α,β-unsaturated/α-hetero) is 1. The van der Waals surface area contributed by atoms with Gasteiger partial charge in [0.25, 0.3) is 5.91 Å². The number of ketones is 1. The zero-order valence-electron chi connectivity index (χ0n) is 21.0. The van der Waals surface area contributed by atoms with Gasteiger partial charge in [0.15, 0.2) is 5.78 Å². The van der Waals surface area contributed by atoms with E-state index in [-0.39, 0.29) is 23.8 Å². The fraction of sp³-hybridized carbons (Fsp3) is 0.310. The summed E-state index contributed by atoms with van der Waals surface area (Å²) in [6.45, 7) is 9.56. The molecular formula is C29H36N2O3. The molecule has 0 spiro atoms. The van der Waals surface area contributed by atoms with Gasteiger partial charge in [0.05, 0.1) is 6.10 Å². The second-order valence-corrected chi connectivity index (χ2v) is 7.46. The lowest BCUT2D eigenvalue weighted by Gasteiger charge is -2.23. The van der Waals surface area contributed by atoms with Crippen molar-refractivity contribution >= 4 is 35.1 Å². The van der Waals surface area contributed by atoms with Crippen LogP contribution in [-0.4, -0.2) is 30.9 Å². The number of carbonyl (C=O) groups excluding carboxylic acids is 2. The summed E-state index contributed by atoms with van der Waals surface area (Å²) in [5.41, 5.74) is 5.03. The number of nitrogens with one attached hydrogen (secondary N) is 2. The Balaban J connectivity index is 0.000000970. The summed E-state index contributed by atoms with van der Waals surface area (Å²) in [7, 11) is 1.69. The molecule has 0 bridgehead atoms. The van der Waals surface area contributed by atoms with E-state index in [4.69, 9.17) is 4.74 Å². The van der Waals surface area contributed by atoms with Gasteiger partial charge in [-0.2, -0.15) is 0 Å². The highest BCUT2D eigenvalue weighted by Crippen LogP contribution is 2.36. The Morgan fingerprint density at radius 3 is 2.38 bits per heavy atom. The zero-order chi connectivity index (χ0) is 25.1. The predicted molar refractivity (Wildman–Crippen MR) is 143 cm³/mol. The maximum atomic E-state index is 12.7. The van der Waals surface area contributed by atoms with Gasteiger partial charge >= 0.3 is 0 Å². The van der Waals surface area contributed by atoms with Crippen molar-refractivity contribution in [2.75, 3.05) is 12.4 Å². The molecule has 34 heavy (non-hydrogen) atoms. The van der Waals surface area contributed by atoms with Gasteiger partial charge in [-0.3, -0.25) is 9.59 Å². The summed E-state index contributed by atoms with van der Waals surface area (Å²) in [4.78, 5) is 24.1. The second-order valence-electron chi connectivity index (χ2n) is 7.46. The van der Waals surface area contributed by atoms with Gasteiger partial charge in [0.1, 0.15) is 0 Å². The minimum absolute atomic E-state index is 0.0165. The summed E-state index contributed by atoms with van der Waals surface area (Å²) >= 11 is 0. The first-order chi connectivity index (χ1) is 16.5. The number of carbonyl (C=O) groups is 2. The van der Waals surface area contributed by atoms with Crippen molar-refractivity contribution in [3.05, 3.63) is 83.1 Å². The summed E-state index contributed by atoms with van der Waals surface area (Å²) in [5.74, 6) is -0.0466. The van der Waals surface area contributed by atoms with Gasteiger partial charge in [-0.25, -0.2) is 0 Å². The molecule has 2 unspecified atom stereocenters. The molecule has 2 aromatic carbocycles. The van der Waals surface area contributed by atoms with E-state index >= 15 is 0 Å². The number of hydrogen-bond donors (Lipinski definition) is 2. The highest BCUT2D eigenvalue weighted by molar-refractivity contribution is 6.32. The number of ether oxygens (including phenoxy) is 1. The molecule has 2 N–H and O–H groups in total.